The summed E-state index contributed by atoms with van der Waals surface area (Å²) in [7, 11) is 0. The van der Waals surface area contributed by atoms with Crippen molar-refractivity contribution < 1.29 is 4.79 Å². The van der Waals surface area contributed by atoms with Crippen molar-refractivity contribution in [1.29, 1.82) is 0 Å². The second-order valence-electron chi connectivity index (χ2n) is 5.49. The van der Waals surface area contributed by atoms with Crippen molar-refractivity contribution in [1.82, 2.24) is 0 Å². The molecule has 1 rings (SSSR count). The monoisotopic (exact) mass is 218 g/mol. The number of carbonyl (C=O) groups is 1. The number of carbonyl (C=O) groups excluding carboxylic acids is 1. The van der Waals surface area contributed by atoms with Crippen molar-refractivity contribution in [2.75, 3.05) is 0 Å². The normalized spacial score (nSPS) is 11.5. The number of aryl methyl sites for hydroxylation is 1. The lowest BCUT2D eigenvalue weighted by Crippen LogP contribution is -2.10. The molecule has 0 unspecified atom stereocenters. The van der Waals surface area contributed by atoms with Crippen molar-refractivity contribution in [2.24, 2.45) is 5.41 Å². The molecule has 0 aliphatic heterocycles. The Morgan fingerprint density at radius 1 is 1.19 bits per heavy atom. The topological polar surface area (TPSA) is 17.1 Å². The Bertz CT molecular complexity index is 358. The summed E-state index contributed by atoms with van der Waals surface area (Å²) in [6.45, 7) is 8.61. The maximum atomic E-state index is 12.1. The molecule has 0 heterocycles. The van der Waals surface area contributed by atoms with Gasteiger partial charge in [-0.3, -0.25) is 4.79 Å². The van der Waals surface area contributed by atoms with E-state index in [4.69, 9.17) is 0 Å². The van der Waals surface area contributed by atoms with Crippen LogP contribution in [0.3, 0.4) is 0 Å². The highest BCUT2D eigenvalue weighted by atomic mass is 16.1. The number of benzene rings is 1. The molecule has 0 radical (unpaired) electrons. The molecular weight excluding hydrogens is 196 g/mol. The van der Waals surface area contributed by atoms with E-state index in [0.717, 1.165) is 18.4 Å². The van der Waals surface area contributed by atoms with Crippen LogP contribution in [0.5, 0.6) is 0 Å². The van der Waals surface area contributed by atoms with Crippen LogP contribution in [0.15, 0.2) is 24.3 Å². The first kappa shape index (κ1) is 13.0. The Kier molecular flexibility index (Phi) is 4.28. The van der Waals surface area contributed by atoms with Crippen LogP contribution in [-0.2, 0) is 6.42 Å². The SMILES string of the molecule is CCc1ccccc1C(=O)CCC(C)(C)C. The van der Waals surface area contributed by atoms with Gasteiger partial charge in [-0.2, -0.15) is 0 Å². The van der Waals surface area contributed by atoms with Crippen molar-refractivity contribution in [3.63, 3.8) is 0 Å². The van der Waals surface area contributed by atoms with Gasteiger partial charge < -0.3 is 0 Å². The van der Waals surface area contributed by atoms with Gasteiger partial charge in [0.15, 0.2) is 5.78 Å². The van der Waals surface area contributed by atoms with E-state index >= 15 is 0 Å². The summed E-state index contributed by atoms with van der Waals surface area (Å²) in [5.41, 5.74) is 2.31. The van der Waals surface area contributed by atoms with E-state index in [2.05, 4.69) is 27.7 Å². The van der Waals surface area contributed by atoms with Crippen molar-refractivity contribution in [3.8, 4) is 0 Å². The molecule has 0 fully saturated rings. The lowest BCUT2D eigenvalue weighted by Gasteiger charge is -2.17. The lowest BCUT2D eigenvalue weighted by molar-refractivity contribution is 0.0965. The summed E-state index contributed by atoms with van der Waals surface area (Å²) in [4.78, 5) is 12.1. The summed E-state index contributed by atoms with van der Waals surface area (Å²) in [6.07, 6.45) is 2.53. The van der Waals surface area contributed by atoms with Gasteiger partial charge in [0.1, 0.15) is 0 Å². The molecule has 0 aliphatic rings. The average Bonchev–Trinajstić information content (AvgIpc) is 2.25. The van der Waals surface area contributed by atoms with Crippen molar-refractivity contribution >= 4 is 5.78 Å². The molecule has 0 aromatic heterocycles. The molecule has 16 heavy (non-hydrogen) atoms. The van der Waals surface area contributed by atoms with Crippen LogP contribution in [0.25, 0.3) is 0 Å². The highest BCUT2D eigenvalue weighted by Gasteiger charge is 2.15. The Morgan fingerprint density at radius 2 is 1.81 bits per heavy atom. The summed E-state index contributed by atoms with van der Waals surface area (Å²) >= 11 is 0. The van der Waals surface area contributed by atoms with Crippen LogP contribution < -0.4 is 0 Å². The van der Waals surface area contributed by atoms with Gasteiger partial charge >= 0.3 is 0 Å². The zero-order chi connectivity index (χ0) is 12.2. The minimum absolute atomic E-state index is 0.233. The standard InChI is InChI=1S/C15H22O/c1-5-12-8-6-7-9-13(12)14(16)10-11-15(2,3)4/h6-9H,5,10-11H2,1-4H3. The van der Waals surface area contributed by atoms with Gasteiger partial charge in [0, 0.05) is 12.0 Å². The van der Waals surface area contributed by atoms with E-state index in [1.807, 2.05) is 24.3 Å². The fourth-order valence-electron chi connectivity index (χ4n) is 1.72. The molecule has 0 amide bonds. The Hall–Kier alpha value is -1.11. The zero-order valence-electron chi connectivity index (χ0n) is 10.8. The van der Waals surface area contributed by atoms with Crippen LogP contribution >= 0.6 is 0 Å². The quantitative estimate of drug-likeness (QED) is 0.690. The predicted octanol–water partition coefficient (Wildman–Crippen LogP) is 4.26. The van der Waals surface area contributed by atoms with Gasteiger partial charge in [-0.05, 0) is 23.8 Å². The van der Waals surface area contributed by atoms with Gasteiger partial charge in [0.25, 0.3) is 0 Å². The summed E-state index contributed by atoms with van der Waals surface area (Å²) in [5.74, 6) is 0.285. The van der Waals surface area contributed by atoms with Crippen LogP contribution in [0.4, 0.5) is 0 Å². The molecule has 0 saturated carbocycles. The average molecular weight is 218 g/mol. The summed E-state index contributed by atoms with van der Waals surface area (Å²) in [5, 5.41) is 0. The van der Waals surface area contributed by atoms with E-state index in [1.54, 1.807) is 0 Å². The van der Waals surface area contributed by atoms with Gasteiger partial charge in [0.2, 0.25) is 0 Å². The predicted molar refractivity (Wildman–Crippen MR) is 68.8 cm³/mol. The first-order chi connectivity index (χ1) is 7.44. The van der Waals surface area contributed by atoms with E-state index in [1.165, 1.54) is 5.56 Å². The second-order valence-corrected chi connectivity index (χ2v) is 5.49. The fourth-order valence-corrected chi connectivity index (χ4v) is 1.72. The van der Waals surface area contributed by atoms with Gasteiger partial charge in [-0.15, -0.1) is 0 Å². The fraction of sp³-hybridized carbons (Fsp3) is 0.533. The van der Waals surface area contributed by atoms with Crippen molar-refractivity contribution in [2.45, 2.75) is 47.0 Å². The van der Waals surface area contributed by atoms with Crippen LogP contribution in [0.2, 0.25) is 0 Å². The van der Waals surface area contributed by atoms with Crippen molar-refractivity contribution in [3.05, 3.63) is 35.4 Å². The molecule has 0 spiro atoms. The number of rotatable bonds is 4. The summed E-state index contributed by atoms with van der Waals surface area (Å²) in [6, 6.07) is 7.94. The molecule has 0 bridgehead atoms. The number of Topliss-reactive ketones (excluding diaryl/α,β-unsaturated/α-hetero) is 1. The summed E-state index contributed by atoms with van der Waals surface area (Å²) < 4.78 is 0. The van der Waals surface area contributed by atoms with Crippen LogP contribution in [0.1, 0.15) is 56.5 Å². The molecule has 0 atom stereocenters. The third kappa shape index (κ3) is 3.80. The van der Waals surface area contributed by atoms with Gasteiger partial charge in [-0.1, -0.05) is 52.0 Å². The smallest absolute Gasteiger partial charge is 0.163 e. The third-order valence-electron chi connectivity index (χ3n) is 2.80. The number of hydrogen-bond acceptors (Lipinski definition) is 1. The number of ketones is 1. The highest BCUT2D eigenvalue weighted by molar-refractivity contribution is 5.97. The van der Waals surface area contributed by atoms with Gasteiger partial charge in [0.05, 0.1) is 0 Å². The van der Waals surface area contributed by atoms with Crippen LogP contribution in [-0.4, -0.2) is 5.78 Å². The molecule has 0 N–H and O–H groups in total. The molecule has 1 nitrogen and oxygen atoms in total. The molecule has 88 valence electrons. The van der Waals surface area contributed by atoms with E-state index < -0.39 is 0 Å². The molecule has 0 saturated heterocycles. The molecular formula is C15H22O. The maximum Gasteiger partial charge on any atom is 0.163 e. The van der Waals surface area contributed by atoms with Crippen LogP contribution in [0, 0.1) is 5.41 Å². The number of hydrogen-bond donors (Lipinski definition) is 0. The Morgan fingerprint density at radius 3 is 2.38 bits per heavy atom. The molecule has 1 aromatic rings. The molecule has 0 aliphatic carbocycles. The van der Waals surface area contributed by atoms with E-state index in [0.29, 0.717) is 6.42 Å². The van der Waals surface area contributed by atoms with Gasteiger partial charge in [-0.25, -0.2) is 0 Å². The first-order valence-corrected chi connectivity index (χ1v) is 6.05. The molecule has 1 heteroatoms. The Labute approximate surface area is 98.9 Å². The van der Waals surface area contributed by atoms with E-state index in [9.17, 15) is 4.79 Å². The zero-order valence-corrected chi connectivity index (χ0v) is 10.8. The minimum Gasteiger partial charge on any atom is -0.294 e. The second kappa shape index (κ2) is 5.29. The third-order valence-corrected chi connectivity index (χ3v) is 2.80. The maximum absolute atomic E-state index is 12.1. The molecule has 1 aromatic carbocycles. The largest absolute Gasteiger partial charge is 0.294 e. The van der Waals surface area contributed by atoms with E-state index in [-0.39, 0.29) is 11.2 Å². The highest BCUT2D eigenvalue weighted by Crippen LogP contribution is 2.23. The Balaban J connectivity index is 2.73. The minimum atomic E-state index is 0.233. The first-order valence-electron chi connectivity index (χ1n) is 6.05. The lowest BCUT2D eigenvalue weighted by atomic mass is 9.87.